The topological polar surface area (TPSA) is 87.0 Å². The molecule has 1 unspecified atom stereocenters. The molecule has 0 bridgehead atoms. The van der Waals surface area contributed by atoms with Crippen molar-refractivity contribution in [2.24, 2.45) is 0 Å². The van der Waals surface area contributed by atoms with Gasteiger partial charge in [-0.3, -0.25) is 10.1 Å². The molecule has 2 heterocycles. The first-order chi connectivity index (χ1) is 8.41. The van der Waals surface area contributed by atoms with Gasteiger partial charge >= 0.3 is 5.69 Å². The molecule has 2 rings (SSSR count). The van der Waals surface area contributed by atoms with Gasteiger partial charge in [0, 0.05) is 5.56 Å². The third kappa shape index (κ3) is 2.16. The molecule has 0 fully saturated rings. The van der Waals surface area contributed by atoms with E-state index in [0.29, 0.717) is 8.67 Å². The van der Waals surface area contributed by atoms with Gasteiger partial charge in [-0.2, -0.15) is 5.10 Å². The SMILES string of the molecule is CC(c1cc(Cl)sc1Cl)n1ncc([N+](=O)[O-])c1N. The van der Waals surface area contributed by atoms with Gasteiger partial charge in [0.1, 0.15) is 6.20 Å². The first-order valence-corrected chi connectivity index (χ1v) is 6.41. The predicted molar refractivity (Wildman–Crippen MR) is 71.4 cm³/mol. The first-order valence-electron chi connectivity index (χ1n) is 4.84. The normalized spacial score (nSPS) is 12.6. The molecule has 0 aliphatic heterocycles. The van der Waals surface area contributed by atoms with Crippen LogP contribution in [0.3, 0.4) is 0 Å². The van der Waals surface area contributed by atoms with Crippen LogP contribution in [0.4, 0.5) is 11.5 Å². The van der Waals surface area contributed by atoms with Crippen LogP contribution in [0.25, 0.3) is 0 Å². The van der Waals surface area contributed by atoms with E-state index < -0.39 is 4.92 Å². The molecule has 2 N–H and O–H groups in total. The minimum Gasteiger partial charge on any atom is -0.378 e. The van der Waals surface area contributed by atoms with Crippen LogP contribution in [-0.4, -0.2) is 14.7 Å². The highest BCUT2D eigenvalue weighted by Crippen LogP contribution is 2.37. The van der Waals surface area contributed by atoms with Crippen molar-refractivity contribution < 1.29 is 4.92 Å². The Kier molecular flexibility index (Phi) is 3.47. The molecule has 6 nitrogen and oxygen atoms in total. The molecule has 0 spiro atoms. The highest BCUT2D eigenvalue weighted by atomic mass is 35.5. The summed E-state index contributed by atoms with van der Waals surface area (Å²) in [6.45, 7) is 1.79. The molecule has 2 aromatic rings. The number of nitrogens with zero attached hydrogens (tertiary/aromatic N) is 3. The Bertz CT molecular complexity index is 610. The molecule has 9 heteroatoms. The number of nitro groups is 1. The zero-order valence-electron chi connectivity index (χ0n) is 9.13. The summed E-state index contributed by atoms with van der Waals surface area (Å²) in [6, 6.07) is 1.38. The van der Waals surface area contributed by atoms with Gasteiger partial charge in [-0.25, -0.2) is 4.68 Å². The second-order valence-corrected chi connectivity index (χ2v) is 5.86. The molecule has 2 aromatic heterocycles. The average molecular weight is 307 g/mol. The van der Waals surface area contributed by atoms with Crippen LogP contribution < -0.4 is 5.73 Å². The zero-order valence-corrected chi connectivity index (χ0v) is 11.5. The number of hydrogen-bond acceptors (Lipinski definition) is 5. The largest absolute Gasteiger partial charge is 0.378 e. The summed E-state index contributed by atoms with van der Waals surface area (Å²) < 4.78 is 2.41. The van der Waals surface area contributed by atoms with Gasteiger partial charge in [0.2, 0.25) is 5.82 Å². The van der Waals surface area contributed by atoms with E-state index in [0.717, 1.165) is 11.8 Å². The summed E-state index contributed by atoms with van der Waals surface area (Å²) in [5.74, 6) is -0.00844. The fourth-order valence-corrected chi connectivity index (χ4v) is 3.22. The van der Waals surface area contributed by atoms with E-state index in [4.69, 9.17) is 28.9 Å². The Morgan fingerprint density at radius 2 is 2.28 bits per heavy atom. The van der Waals surface area contributed by atoms with Gasteiger partial charge in [-0.1, -0.05) is 23.2 Å². The van der Waals surface area contributed by atoms with E-state index >= 15 is 0 Å². The maximum Gasteiger partial charge on any atom is 0.330 e. The Hall–Kier alpha value is -1.31. The second-order valence-electron chi connectivity index (χ2n) is 3.57. The standard InChI is InChI=1S/C9H8Cl2N4O2S/c1-4(5-2-7(10)18-8(5)11)14-9(12)6(3-13-14)15(16)17/h2-4H,12H2,1H3. The summed E-state index contributed by atoms with van der Waals surface area (Å²) in [7, 11) is 0. The van der Waals surface area contributed by atoms with Crippen LogP contribution in [0, 0.1) is 10.1 Å². The van der Waals surface area contributed by atoms with E-state index in [9.17, 15) is 10.1 Å². The van der Waals surface area contributed by atoms with Gasteiger partial charge in [-0.05, 0) is 13.0 Å². The molecular weight excluding hydrogens is 299 g/mol. The number of aromatic nitrogens is 2. The molecule has 0 aliphatic rings. The Labute approximate surface area is 116 Å². The molecule has 0 saturated heterocycles. The summed E-state index contributed by atoms with van der Waals surface area (Å²) in [6.07, 6.45) is 1.12. The molecule has 0 aromatic carbocycles. The van der Waals surface area contributed by atoms with Crippen LogP contribution in [0.1, 0.15) is 18.5 Å². The number of halogens is 2. The monoisotopic (exact) mass is 306 g/mol. The molecule has 0 saturated carbocycles. The smallest absolute Gasteiger partial charge is 0.330 e. The maximum atomic E-state index is 10.7. The summed E-state index contributed by atoms with van der Waals surface area (Å²) in [5, 5.41) is 14.6. The van der Waals surface area contributed by atoms with E-state index in [2.05, 4.69) is 5.10 Å². The van der Waals surface area contributed by atoms with Crippen molar-refractivity contribution >= 4 is 46.0 Å². The van der Waals surface area contributed by atoms with Gasteiger partial charge in [0.05, 0.1) is 19.6 Å². The van der Waals surface area contributed by atoms with E-state index in [1.807, 2.05) is 0 Å². The Morgan fingerprint density at radius 3 is 2.72 bits per heavy atom. The van der Waals surface area contributed by atoms with E-state index in [1.54, 1.807) is 13.0 Å². The summed E-state index contributed by atoms with van der Waals surface area (Å²) in [4.78, 5) is 10.1. The number of rotatable bonds is 3. The van der Waals surface area contributed by atoms with Crippen molar-refractivity contribution in [3.8, 4) is 0 Å². The van der Waals surface area contributed by atoms with Crippen LogP contribution >= 0.6 is 34.5 Å². The van der Waals surface area contributed by atoms with Crippen molar-refractivity contribution in [1.29, 1.82) is 0 Å². The van der Waals surface area contributed by atoms with Crippen molar-refractivity contribution in [1.82, 2.24) is 9.78 Å². The van der Waals surface area contributed by atoms with Crippen molar-refractivity contribution in [3.05, 3.63) is 36.6 Å². The van der Waals surface area contributed by atoms with Crippen molar-refractivity contribution in [2.75, 3.05) is 5.73 Å². The van der Waals surface area contributed by atoms with Gasteiger partial charge in [-0.15, -0.1) is 11.3 Å². The van der Waals surface area contributed by atoms with Crippen LogP contribution in [-0.2, 0) is 0 Å². The van der Waals surface area contributed by atoms with Crippen LogP contribution in [0.15, 0.2) is 12.3 Å². The minimum absolute atomic E-state index is 0.00844. The van der Waals surface area contributed by atoms with Crippen molar-refractivity contribution in [3.63, 3.8) is 0 Å². The molecule has 0 amide bonds. The number of anilines is 1. The molecule has 1 atom stereocenters. The number of nitrogens with two attached hydrogens (primary N) is 1. The number of thiophene rings is 1. The first kappa shape index (κ1) is 13.1. The number of nitrogen functional groups attached to an aromatic ring is 1. The average Bonchev–Trinajstić information content (AvgIpc) is 2.81. The lowest BCUT2D eigenvalue weighted by Crippen LogP contribution is -2.11. The van der Waals surface area contributed by atoms with Crippen LogP contribution in [0.5, 0.6) is 0 Å². The summed E-state index contributed by atoms with van der Waals surface area (Å²) >= 11 is 13.1. The second kappa shape index (κ2) is 4.75. The fourth-order valence-electron chi connectivity index (χ4n) is 1.58. The molecule has 96 valence electrons. The van der Waals surface area contributed by atoms with Crippen molar-refractivity contribution in [2.45, 2.75) is 13.0 Å². The number of hydrogen-bond donors (Lipinski definition) is 1. The molecule has 18 heavy (non-hydrogen) atoms. The minimum atomic E-state index is -0.576. The Morgan fingerprint density at radius 1 is 1.61 bits per heavy atom. The van der Waals surface area contributed by atoms with E-state index in [-0.39, 0.29) is 17.5 Å². The molecule has 0 aliphatic carbocycles. The zero-order chi connectivity index (χ0) is 13.4. The molecule has 0 radical (unpaired) electrons. The third-order valence-corrected chi connectivity index (χ3v) is 4.03. The third-order valence-electron chi connectivity index (χ3n) is 2.51. The lowest BCUT2D eigenvalue weighted by atomic mass is 10.2. The maximum absolute atomic E-state index is 10.7. The van der Waals surface area contributed by atoms with Gasteiger partial charge < -0.3 is 5.73 Å². The highest BCUT2D eigenvalue weighted by Gasteiger charge is 2.23. The lowest BCUT2D eigenvalue weighted by molar-refractivity contribution is -0.384. The lowest BCUT2D eigenvalue weighted by Gasteiger charge is -2.12. The highest BCUT2D eigenvalue weighted by molar-refractivity contribution is 7.20. The van der Waals surface area contributed by atoms with Gasteiger partial charge in [0.25, 0.3) is 0 Å². The Balaban J connectivity index is 2.43. The quantitative estimate of drug-likeness (QED) is 0.696. The fraction of sp³-hybridized carbons (Fsp3) is 0.222. The summed E-state index contributed by atoms with van der Waals surface area (Å²) in [5.41, 5.74) is 6.20. The van der Waals surface area contributed by atoms with E-state index in [1.165, 1.54) is 16.0 Å². The predicted octanol–water partition coefficient (Wildman–Crippen LogP) is 3.35. The van der Waals surface area contributed by atoms with Crippen LogP contribution in [0.2, 0.25) is 8.67 Å². The molecular formula is C9H8Cl2N4O2S. The van der Waals surface area contributed by atoms with Gasteiger partial charge in [0.15, 0.2) is 0 Å².